The molecular formula is C28H25F3N2O5. The molecule has 1 atom stereocenters. The molecule has 0 unspecified atom stereocenters. The largest absolute Gasteiger partial charge is 0.486 e. The van der Waals surface area contributed by atoms with Crippen LogP contribution in [-0.2, 0) is 24.1 Å². The van der Waals surface area contributed by atoms with Gasteiger partial charge < -0.3 is 19.2 Å². The number of ketones is 1. The van der Waals surface area contributed by atoms with Gasteiger partial charge in [-0.15, -0.1) is 0 Å². The summed E-state index contributed by atoms with van der Waals surface area (Å²) in [4.78, 5) is 29.9. The van der Waals surface area contributed by atoms with Gasteiger partial charge in [0.05, 0.1) is 5.56 Å². The summed E-state index contributed by atoms with van der Waals surface area (Å²) in [6.45, 7) is 3.41. The van der Waals surface area contributed by atoms with Crippen LogP contribution in [-0.4, -0.2) is 22.9 Å². The predicted octanol–water partition coefficient (Wildman–Crippen LogP) is 6.56. The van der Waals surface area contributed by atoms with E-state index >= 15 is 0 Å². The van der Waals surface area contributed by atoms with Crippen LogP contribution in [0.2, 0.25) is 0 Å². The van der Waals surface area contributed by atoms with Crippen molar-refractivity contribution in [1.29, 1.82) is 0 Å². The molecule has 0 spiro atoms. The lowest BCUT2D eigenvalue weighted by molar-refractivity contribution is -0.137. The molecule has 0 aliphatic carbocycles. The SMILES string of the molecule is CC(C)[C@H](NC(=O)OCc1ccccc1)C(=O)c1nc2c(OCc3cccc(C(F)(F)F)c3)cccc2o1. The van der Waals surface area contributed by atoms with Gasteiger partial charge in [0.25, 0.3) is 5.89 Å². The smallest absolute Gasteiger partial charge is 0.416 e. The topological polar surface area (TPSA) is 90.7 Å². The minimum Gasteiger partial charge on any atom is -0.486 e. The number of hydrogen-bond acceptors (Lipinski definition) is 6. The van der Waals surface area contributed by atoms with E-state index in [9.17, 15) is 22.8 Å². The van der Waals surface area contributed by atoms with E-state index in [-0.39, 0.29) is 41.9 Å². The lowest BCUT2D eigenvalue weighted by atomic mass is 10.00. The highest BCUT2D eigenvalue weighted by Gasteiger charge is 2.31. The number of para-hydroxylation sites is 1. The number of nitrogens with one attached hydrogen (secondary N) is 1. The molecule has 0 bridgehead atoms. The number of carbonyl (C=O) groups excluding carboxylic acids is 2. The van der Waals surface area contributed by atoms with Crippen LogP contribution in [0, 0.1) is 5.92 Å². The van der Waals surface area contributed by atoms with Gasteiger partial charge in [-0.05, 0) is 41.3 Å². The average Bonchev–Trinajstić information content (AvgIpc) is 3.34. The van der Waals surface area contributed by atoms with Crippen molar-refractivity contribution in [2.75, 3.05) is 0 Å². The number of hydrogen-bond donors (Lipinski definition) is 1. The molecule has 3 aromatic carbocycles. The zero-order chi connectivity index (χ0) is 27.3. The zero-order valence-corrected chi connectivity index (χ0v) is 20.6. The monoisotopic (exact) mass is 526 g/mol. The van der Waals surface area contributed by atoms with Gasteiger partial charge in [-0.1, -0.05) is 62.4 Å². The van der Waals surface area contributed by atoms with Crippen molar-refractivity contribution in [2.24, 2.45) is 5.92 Å². The van der Waals surface area contributed by atoms with E-state index in [1.165, 1.54) is 12.1 Å². The summed E-state index contributed by atoms with van der Waals surface area (Å²) in [6.07, 6.45) is -5.23. The van der Waals surface area contributed by atoms with Crippen LogP contribution in [0.5, 0.6) is 5.75 Å². The number of ether oxygens (including phenoxy) is 2. The number of aromatic nitrogens is 1. The first-order valence-electron chi connectivity index (χ1n) is 11.8. The Kier molecular flexibility index (Phi) is 7.99. The standard InChI is InChI=1S/C28H25F3N2O5/c1-17(2)23(33-27(35)37-15-18-8-4-3-5-9-18)25(34)26-32-24-21(12-7-13-22(24)38-26)36-16-19-10-6-11-20(14-19)28(29,30)31/h3-14,17,23H,15-16H2,1-2H3,(H,33,35)/t23-/m0/s1. The normalized spacial score (nSPS) is 12.4. The van der Waals surface area contributed by atoms with Crippen LogP contribution in [0.15, 0.2) is 77.2 Å². The van der Waals surface area contributed by atoms with Crippen molar-refractivity contribution in [3.63, 3.8) is 0 Å². The molecule has 1 aromatic heterocycles. The first-order chi connectivity index (χ1) is 18.1. The molecule has 1 amide bonds. The molecule has 0 aliphatic heterocycles. The maximum Gasteiger partial charge on any atom is 0.416 e. The van der Waals surface area contributed by atoms with Gasteiger partial charge in [0.2, 0.25) is 5.78 Å². The molecule has 1 heterocycles. The Morgan fingerprint density at radius 2 is 1.66 bits per heavy atom. The Morgan fingerprint density at radius 3 is 2.37 bits per heavy atom. The Bertz CT molecular complexity index is 1420. The second kappa shape index (κ2) is 11.4. The number of nitrogens with zero attached hydrogens (tertiary/aromatic N) is 1. The maximum absolute atomic E-state index is 13.2. The van der Waals surface area contributed by atoms with E-state index in [1.54, 1.807) is 32.0 Å². The van der Waals surface area contributed by atoms with Gasteiger partial charge in [0.1, 0.15) is 25.0 Å². The molecule has 198 valence electrons. The third kappa shape index (κ3) is 6.50. The molecule has 4 aromatic rings. The van der Waals surface area contributed by atoms with Gasteiger partial charge in [-0.3, -0.25) is 4.79 Å². The number of alkyl halides is 3. The van der Waals surface area contributed by atoms with Crippen molar-refractivity contribution < 1.29 is 36.7 Å². The number of carbonyl (C=O) groups is 2. The Labute approximate surface area is 216 Å². The summed E-state index contributed by atoms with van der Waals surface area (Å²) < 4.78 is 55.6. The molecule has 1 N–H and O–H groups in total. The summed E-state index contributed by atoms with van der Waals surface area (Å²) >= 11 is 0. The molecule has 38 heavy (non-hydrogen) atoms. The highest BCUT2D eigenvalue weighted by atomic mass is 19.4. The van der Waals surface area contributed by atoms with Crippen molar-refractivity contribution in [2.45, 2.75) is 39.3 Å². The van der Waals surface area contributed by atoms with Crippen LogP contribution in [0.4, 0.5) is 18.0 Å². The highest BCUT2D eigenvalue weighted by Crippen LogP contribution is 2.31. The number of alkyl carbamates (subject to hydrolysis) is 1. The van der Waals surface area contributed by atoms with E-state index in [0.29, 0.717) is 5.56 Å². The number of rotatable bonds is 9. The van der Waals surface area contributed by atoms with Gasteiger partial charge in [0, 0.05) is 0 Å². The first kappa shape index (κ1) is 26.7. The molecule has 0 aliphatic rings. The van der Waals surface area contributed by atoms with Crippen LogP contribution in [0.3, 0.4) is 0 Å². The third-order valence-electron chi connectivity index (χ3n) is 5.68. The molecule has 0 saturated heterocycles. The Morgan fingerprint density at radius 1 is 0.947 bits per heavy atom. The number of benzene rings is 3. The van der Waals surface area contributed by atoms with E-state index in [4.69, 9.17) is 13.9 Å². The van der Waals surface area contributed by atoms with E-state index < -0.39 is 29.7 Å². The second-order valence-corrected chi connectivity index (χ2v) is 8.90. The van der Waals surface area contributed by atoms with Gasteiger partial charge in [-0.2, -0.15) is 13.2 Å². The fourth-order valence-electron chi connectivity index (χ4n) is 3.70. The molecule has 0 fully saturated rings. The molecule has 0 radical (unpaired) electrons. The van der Waals surface area contributed by atoms with E-state index in [0.717, 1.165) is 17.7 Å². The molecule has 7 nitrogen and oxygen atoms in total. The second-order valence-electron chi connectivity index (χ2n) is 8.90. The third-order valence-corrected chi connectivity index (χ3v) is 5.68. The summed E-state index contributed by atoms with van der Waals surface area (Å²) in [5.41, 5.74) is 0.822. The highest BCUT2D eigenvalue weighted by molar-refractivity contribution is 6.00. The Balaban J connectivity index is 1.47. The number of halogens is 3. The molecule has 4 rings (SSSR count). The lowest BCUT2D eigenvalue weighted by Crippen LogP contribution is -2.44. The predicted molar refractivity (Wildman–Crippen MR) is 133 cm³/mol. The number of Topliss-reactive ketones (excluding diaryl/α,β-unsaturated/α-hetero) is 1. The van der Waals surface area contributed by atoms with Gasteiger partial charge in [-0.25, -0.2) is 9.78 Å². The zero-order valence-electron chi connectivity index (χ0n) is 20.6. The fourth-order valence-corrected chi connectivity index (χ4v) is 3.70. The van der Waals surface area contributed by atoms with Gasteiger partial charge in [0.15, 0.2) is 11.1 Å². The molecular weight excluding hydrogens is 501 g/mol. The summed E-state index contributed by atoms with van der Waals surface area (Å²) in [6, 6.07) is 17.7. The fraction of sp³-hybridized carbons (Fsp3) is 0.250. The minimum absolute atomic E-state index is 0.0428. The van der Waals surface area contributed by atoms with Crippen molar-refractivity contribution in [1.82, 2.24) is 10.3 Å². The van der Waals surface area contributed by atoms with Crippen molar-refractivity contribution >= 4 is 23.0 Å². The summed E-state index contributed by atoms with van der Waals surface area (Å²) in [5, 5.41) is 2.57. The number of oxazole rings is 1. The Hall–Kier alpha value is -4.34. The number of amides is 1. The maximum atomic E-state index is 13.2. The van der Waals surface area contributed by atoms with Crippen LogP contribution >= 0.6 is 0 Å². The minimum atomic E-state index is -4.47. The van der Waals surface area contributed by atoms with Crippen LogP contribution < -0.4 is 10.1 Å². The van der Waals surface area contributed by atoms with E-state index in [1.807, 2.05) is 30.3 Å². The van der Waals surface area contributed by atoms with Gasteiger partial charge >= 0.3 is 12.3 Å². The van der Waals surface area contributed by atoms with Crippen molar-refractivity contribution in [3.8, 4) is 5.75 Å². The quantitative estimate of drug-likeness (QED) is 0.249. The van der Waals surface area contributed by atoms with Crippen LogP contribution in [0.25, 0.3) is 11.1 Å². The summed E-state index contributed by atoms with van der Waals surface area (Å²) in [5.74, 6) is -0.869. The average molecular weight is 527 g/mol. The van der Waals surface area contributed by atoms with Crippen LogP contribution in [0.1, 0.15) is 41.2 Å². The lowest BCUT2D eigenvalue weighted by Gasteiger charge is -2.19. The molecule has 10 heteroatoms. The first-order valence-corrected chi connectivity index (χ1v) is 11.8. The number of fused-ring (bicyclic) bond motifs is 1. The van der Waals surface area contributed by atoms with Crippen molar-refractivity contribution in [3.05, 3.63) is 95.4 Å². The summed E-state index contributed by atoms with van der Waals surface area (Å²) in [7, 11) is 0. The molecule has 0 saturated carbocycles. The van der Waals surface area contributed by atoms with E-state index in [2.05, 4.69) is 10.3 Å².